The molecular formula is C18H14Cl2N4O5. The van der Waals surface area contributed by atoms with E-state index in [1.165, 1.54) is 43.3 Å². The van der Waals surface area contributed by atoms with Gasteiger partial charge in [0.25, 0.3) is 11.6 Å². The number of anilines is 1. The molecule has 0 aromatic heterocycles. The van der Waals surface area contributed by atoms with Crippen LogP contribution in [0, 0.1) is 10.1 Å². The Kier molecular flexibility index (Phi) is 5.45. The number of nitro benzene ring substituents is 1. The first-order valence-corrected chi connectivity index (χ1v) is 9.01. The highest BCUT2D eigenvalue weighted by Crippen LogP contribution is 2.30. The summed E-state index contributed by atoms with van der Waals surface area (Å²) in [7, 11) is 0. The number of nitrogens with one attached hydrogen (secondary N) is 2. The van der Waals surface area contributed by atoms with Crippen LogP contribution in [0.2, 0.25) is 10.0 Å². The molecule has 1 aliphatic heterocycles. The zero-order valence-corrected chi connectivity index (χ0v) is 16.5. The Hall–Kier alpha value is -3.17. The van der Waals surface area contributed by atoms with E-state index in [4.69, 9.17) is 23.2 Å². The number of hydrogen-bond donors (Lipinski definition) is 2. The van der Waals surface area contributed by atoms with Crippen molar-refractivity contribution >= 4 is 52.4 Å². The Morgan fingerprint density at radius 3 is 2.48 bits per heavy atom. The maximum absolute atomic E-state index is 12.8. The molecule has 11 heteroatoms. The molecule has 2 aromatic carbocycles. The topological polar surface area (TPSA) is 122 Å². The van der Waals surface area contributed by atoms with E-state index in [1.54, 1.807) is 6.07 Å². The van der Waals surface area contributed by atoms with Crippen molar-refractivity contribution in [1.29, 1.82) is 0 Å². The van der Waals surface area contributed by atoms with Gasteiger partial charge in [0.1, 0.15) is 12.1 Å². The van der Waals surface area contributed by atoms with Gasteiger partial charge in [0.2, 0.25) is 5.91 Å². The number of hydrogen-bond acceptors (Lipinski definition) is 5. The van der Waals surface area contributed by atoms with Gasteiger partial charge in [-0.2, -0.15) is 0 Å². The molecule has 0 radical (unpaired) electrons. The SMILES string of the molecule is CC1(c2ccc([N+](=O)[O-])cc2)NC(=O)N(CC(=O)Nc2cc(Cl)ccc2Cl)C1=O. The van der Waals surface area contributed by atoms with Crippen molar-refractivity contribution in [3.8, 4) is 0 Å². The molecule has 1 aliphatic rings. The average molecular weight is 437 g/mol. The molecule has 1 fully saturated rings. The van der Waals surface area contributed by atoms with Gasteiger partial charge in [-0.05, 0) is 42.8 Å². The van der Waals surface area contributed by atoms with Crippen LogP contribution in [-0.2, 0) is 15.1 Å². The molecule has 29 heavy (non-hydrogen) atoms. The molecule has 0 aliphatic carbocycles. The van der Waals surface area contributed by atoms with Gasteiger partial charge in [0.05, 0.1) is 15.6 Å². The monoisotopic (exact) mass is 436 g/mol. The van der Waals surface area contributed by atoms with Gasteiger partial charge in [0, 0.05) is 17.2 Å². The van der Waals surface area contributed by atoms with Crippen LogP contribution in [0.15, 0.2) is 42.5 Å². The lowest BCUT2D eigenvalue weighted by atomic mass is 9.92. The molecule has 1 saturated heterocycles. The molecule has 0 bridgehead atoms. The second-order valence-electron chi connectivity index (χ2n) is 6.42. The number of carbonyl (C=O) groups is 3. The van der Waals surface area contributed by atoms with Crippen LogP contribution in [-0.4, -0.2) is 34.2 Å². The van der Waals surface area contributed by atoms with E-state index in [2.05, 4.69) is 10.6 Å². The van der Waals surface area contributed by atoms with Crippen molar-refractivity contribution in [2.75, 3.05) is 11.9 Å². The van der Waals surface area contributed by atoms with E-state index in [0.717, 1.165) is 4.90 Å². The van der Waals surface area contributed by atoms with Crippen molar-refractivity contribution in [2.45, 2.75) is 12.5 Å². The van der Waals surface area contributed by atoms with E-state index >= 15 is 0 Å². The molecule has 2 aromatic rings. The van der Waals surface area contributed by atoms with E-state index in [-0.39, 0.29) is 16.4 Å². The van der Waals surface area contributed by atoms with Gasteiger partial charge in [-0.1, -0.05) is 23.2 Å². The summed E-state index contributed by atoms with van der Waals surface area (Å²) in [6, 6.07) is 8.95. The molecule has 0 saturated carbocycles. The summed E-state index contributed by atoms with van der Waals surface area (Å²) < 4.78 is 0. The zero-order chi connectivity index (χ0) is 21.3. The maximum atomic E-state index is 12.8. The summed E-state index contributed by atoms with van der Waals surface area (Å²) >= 11 is 11.9. The highest BCUT2D eigenvalue weighted by Gasteiger charge is 2.49. The third kappa shape index (κ3) is 4.01. The summed E-state index contributed by atoms with van der Waals surface area (Å²) in [5.41, 5.74) is -1.01. The predicted molar refractivity (Wildman–Crippen MR) is 106 cm³/mol. The minimum atomic E-state index is -1.46. The normalized spacial score (nSPS) is 18.5. The number of rotatable bonds is 5. The third-order valence-corrected chi connectivity index (χ3v) is 5.00. The van der Waals surface area contributed by atoms with Gasteiger partial charge >= 0.3 is 6.03 Å². The van der Waals surface area contributed by atoms with Crippen LogP contribution in [0.5, 0.6) is 0 Å². The molecule has 1 unspecified atom stereocenters. The minimum Gasteiger partial charge on any atom is -0.323 e. The van der Waals surface area contributed by atoms with Gasteiger partial charge < -0.3 is 10.6 Å². The number of nitrogens with zero attached hydrogens (tertiary/aromatic N) is 2. The largest absolute Gasteiger partial charge is 0.325 e. The number of nitro groups is 1. The smallest absolute Gasteiger partial charge is 0.323 e. The highest BCUT2D eigenvalue weighted by molar-refractivity contribution is 6.35. The lowest BCUT2D eigenvalue weighted by Crippen LogP contribution is -2.42. The van der Waals surface area contributed by atoms with Gasteiger partial charge in [0.15, 0.2) is 0 Å². The van der Waals surface area contributed by atoms with Crippen molar-refractivity contribution in [2.24, 2.45) is 0 Å². The molecule has 0 spiro atoms. The van der Waals surface area contributed by atoms with E-state index in [9.17, 15) is 24.5 Å². The molecular weight excluding hydrogens is 423 g/mol. The molecule has 4 amide bonds. The van der Waals surface area contributed by atoms with Crippen molar-refractivity contribution in [3.63, 3.8) is 0 Å². The second kappa shape index (κ2) is 7.69. The average Bonchev–Trinajstić information content (AvgIpc) is 2.89. The van der Waals surface area contributed by atoms with E-state index < -0.39 is 34.9 Å². The Bertz CT molecular complexity index is 1030. The standard InChI is InChI=1S/C18H14Cl2N4O5/c1-18(10-2-5-12(6-3-10)24(28)29)16(26)23(17(27)22-18)9-15(25)21-14-8-11(19)4-7-13(14)20/h2-8H,9H2,1H3,(H,21,25)(H,22,27). The van der Waals surface area contributed by atoms with Crippen LogP contribution in [0.3, 0.4) is 0 Å². The molecule has 3 rings (SSSR count). The summed E-state index contributed by atoms with van der Waals surface area (Å²) in [5.74, 6) is -1.31. The van der Waals surface area contributed by atoms with Crippen molar-refractivity contribution in [3.05, 3.63) is 68.2 Å². The zero-order valence-electron chi connectivity index (χ0n) is 14.9. The van der Waals surface area contributed by atoms with Gasteiger partial charge in [-0.15, -0.1) is 0 Å². The van der Waals surface area contributed by atoms with Crippen LogP contribution >= 0.6 is 23.2 Å². The predicted octanol–water partition coefficient (Wildman–Crippen LogP) is 3.31. The number of non-ortho nitro benzene ring substituents is 1. The number of benzene rings is 2. The fourth-order valence-electron chi connectivity index (χ4n) is 2.88. The molecule has 150 valence electrons. The summed E-state index contributed by atoms with van der Waals surface area (Å²) in [5, 5.41) is 16.4. The summed E-state index contributed by atoms with van der Waals surface area (Å²) in [6.07, 6.45) is 0. The van der Waals surface area contributed by atoms with Gasteiger partial charge in [-0.3, -0.25) is 24.6 Å². The number of imide groups is 1. The maximum Gasteiger partial charge on any atom is 0.325 e. The number of amides is 4. The molecule has 9 nitrogen and oxygen atoms in total. The molecule has 2 N–H and O–H groups in total. The Morgan fingerprint density at radius 1 is 1.21 bits per heavy atom. The first-order valence-electron chi connectivity index (χ1n) is 8.26. The first-order chi connectivity index (χ1) is 13.6. The first kappa shape index (κ1) is 20.6. The van der Waals surface area contributed by atoms with Crippen LogP contribution in [0.4, 0.5) is 16.2 Å². The second-order valence-corrected chi connectivity index (χ2v) is 7.27. The molecule has 1 heterocycles. The minimum absolute atomic E-state index is 0.149. The van der Waals surface area contributed by atoms with Crippen molar-refractivity contribution in [1.82, 2.24) is 10.2 Å². The van der Waals surface area contributed by atoms with Crippen LogP contribution < -0.4 is 10.6 Å². The Balaban J connectivity index is 1.76. The summed E-state index contributed by atoms with van der Waals surface area (Å²) in [4.78, 5) is 48.5. The van der Waals surface area contributed by atoms with Crippen LogP contribution in [0.25, 0.3) is 0 Å². The summed E-state index contributed by atoms with van der Waals surface area (Å²) in [6.45, 7) is 0.913. The highest BCUT2D eigenvalue weighted by atomic mass is 35.5. The molecule has 1 atom stereocenters. The Labute approximate surface area is 174 Å². The number of urea groups is 1. The van der Waals surface area contributed by atoms with Gasteiger partial charge in [-0.25, -0.2) is 4.79 Å². The third-order valence-electron chi connectivity index (χ3n) is 4.43. The number of halogens is 2. The van der Waals surface area contributed by atoms with E-state index in [0.29, 0.717) is 10.6 Å². The fraction of sp³-hybridized carbons (Fsp3) is 0.167. The number of carbonyl (C=O) groups excluding carboxylic acids is 3. The lowest BCUT2D eigenvalue weighted by Gasteiger charge is -2.22. The Morgan fingerprint density at radius 2 is 1.86 bits per heavy atom. The van der Waals surface area contributed by atoms with Crippen molar-refractivity contribution < 1.29 is 19.3 Å². The quantitative estimate of drug-likeness (QED) is 0.422. The lowest BCUT2D eigenvalue weighted by molar-refractivity contribution is -0.384. The van der Waals surface area contributed by atoms with E-state index in [1.807, 2.05) is 0 Å². The fourth-order valence-corrected chi connectivity index (χ4v) is 3.22. The van der Waals surface area contributed by atoms with Crippen LogP contribution in [0.1, 0.15) is 12.5 Å².